The normalized spacial score (nSPS) is 19.8. The van der Waals surface area contributed by atoms with Gasteiger partial charge in [-0.25, -0.2) is 8.42 Å². The van der Waals surface area contributed by atoms with E-state index in [9.17, 15) is 18.0 Å². The van der Waals surface area contributed by atoms with Gasteiger partial charge in [-0.2, -0.15) is 4.31 Å². The summed E-state index contributed by atoms with van der Waals surface area (Å²) in [6.07, 6.45) is 4.78. The summed E-state index contributed by atoms with van der Waals surface area (Å²) in [7, 11) is -3.66. The molecule has 8 nitrogen and oxygen atoms in total. The SMILES string of the molecule is CC(=O)N1c2ccc(S(=O)(=O)N3CCC(C(=O)Nc4cccnc4)CC3)cc2C[C@@H]1C. The van der Waals surface area contributed by atoms with Crippen molar-refractivity contribution >= 4 is 33.2 Å². The monoisotopic (exact) mass is 442 g/mol. The van der Waals surface area contributed by atoms with Crippen molar-refractivity contribution < 1.29 is 18.0 Å². The Balaban J connectivity index is 1.43. The van der Waals surface area contributed by atoms with Crippen LogP contribution in [0.2, 0.25) is 0 Å². The molecule has 1 aromatic heterocycles. The lowest BCUT2D eigenvalue weighted by atomic mass is 9.97. The lowest BCUT2D eigenvalue weighted by Crippen LogP contribution is -2.41. The maximum atomic E-state index is 13.2. The first kappa shape index (κ1) is 21.5. The van der Waals surface area contributed by atoms with E-state index in [-0.39, 0.29) is 28.7 Å². The third-order valence-corrected chi connectivity index (χ3v) is 7.89. The maximum Gasteiger partial charge on any atom is 0.243 e. The number of anilines is 2. The molecule has 0 saturated carbocycles. The fourth-order valence-corrected chi connectivity index (χ4v) is 5.96. The molecule has 9 heteroatoms. The van der Waals surface area contributed by atoms with Crippen LogP contribution < -0.4 is 10.2 Å². The van der Waals surface area contributed by atoms with Crippen LogP contribution in [-0.2, 0) is 26.0 Å². The molecule has 164 valence electrons. The average Bonchev–Trinajstić information content (AvgIpc) is 3.09. The molecular weight excluding hydrogens is 416 g/mol. The summed E-state index contributed by atoms with van der Waals surface area (Å²) in [4.78, 5) is 30.3. The molecule has 0 bridgehead atoms. The first-order chi connectivity index (χ1) is 14.8. The van der Waals surface area contributed by atoms with E-state index in [4.69, 9.17) is 0 Å². The zero-order chi connectivity index (χ0) is 22.2. The van der Waals surface area contributed by atoms with Gasteiger partial charge in [0.15, 0.2) is 0 Å². The van der Waals surface area contributed by atoms with Crippen LogP contribution in [0.1, 0.15) is 32.3 Å². The number of aromatic nitrogens is 1. The number of carbonyl (C=O) groups excluding carboxylic acids is 2. The van der Waals surface area contributed by atoms with Crippen LogP contribution in [0.3, 0.4) is 0 Å². The van der Waals surface area contributed by atoms with Crippen molar-refractivity contribution in [3.05, 3.63) is 48.3 Å². The Labute approximate surface area is 182 Å². The number of hydrogen-bond acceptors (Lipinski definition) is 5. The highest BCUT2D eigenvalue weighted by Gasteiger charge is 2.34. The molecule has 1 atom stereocenters. The summed E-state index contributed by atoms with van der Waals surface area (Å²) in [6.45, 7) is 4.06. The second kappa shape index (κ2) is 8.39. The number of hydrogen-bond donors (Lipinski definition) is 1. The molecule has 31 heavy (non-hydrogen) atoms. The molecular formula is C22H26N4O4S. The van der Waals surface area contributed by atoms with Crippen molar-refractivity contribution in [3.8, 4) is 0 Å². The summed E-state index contributed by atoms with van der Waals surface area (Å²) < 4.78 is 27.8. The van der Waals surface area contributed by atoms with E-state index in [1.54, 1.807) is 47.6 Å². The van der Waals surface area contributed by atoms with Crippen molar-refractivity contribution in [3.63, 3.8) is 0 Å². The summed E-state index contributed by atoms with van der Waals surface area (Å²) >= 11 is 0. The molecule has 1 N–H and O–H groups in total. The number of sulfonamides is 1. The second-order valence-corrected chi connectivity index (χ2v) is 10.1. The standard InChI is InChI=1S/C22H26N4O4S/c1-15-12-18-13-20(5-6-21(18)26(15)16(2)27)31(29,30)25-10-7-17(8-11-25)22(28)24-19-4-3-9-23-14-19/h3-6,9,13-15,17H,7-8,10-12H2,1-2H3,(H,24,28)/t15-/m0/s1. The van der Waals surface area contributed by atoms with Gasteiger partial charge in [-0.3, -0.25) is 14.6 Å². The molecule has 1 fully saturated rings. The van der Waals surface area contributed by atoms with Gasteiger partial charge < -0.3 is 10.2 Å². The highest BCUT2D eigenvalue weighted by Crippen LogP contribution is 2.35. The topological polar surface area (TPSA) is 99.7 Å². The van der Waals surface area contributed by atoms with Gasteiger partial charge in [-0.05, 0) is 62.1 Å². The highest BCUT2D eigenvalue weighted by molar-refractivity contribution is 7.89. The summed E-state index contributed by atoms with van der Waals surface area (Å²) in [5.74, 6) is -0.397. The van der Waals surface area contributed by atoms with Crippen molar-refractivity contribution in [2.75, 3.05) is 23.3 Å². The quantitative estimate of drug-likeness (QED) is 0.784. The number of rotatable bonds is 4. The van der Waals surface area contributed by atoms with Crippen molar-refractivity contribution in [1.82, 2.24) is 9.29 Å². The molecule has 2 aliphatic rings. The molecule has 0 unspecified atom stereocenters. The Morgan fingerprint density at radius 2 is 1.90 bits per heavy atom. The van der Waals surface area contributed by atoms with Gasteiger partial charge in [0.05, 0.1) is 16.8 Å². The Morgan fingerprint density at radius 3 is 2.55 bits per heavy atom. The predicted molar refractivity (Wildman–Crippen MR) is 117 cm³/mol. The number of nitrogens with zero attached hydrogens (tertiary/aromatic N) is 3. The molecule has 2 aliphatic heterocycles. The minimum absolute atomic E-state index is 0.0134. The van der Waals surface area contributed by atoms with Crippen LogP contribution in [0.15, 0.2) is 47.6 Å². The fourth-order valence-electron chi connectivity index (χ4n) is 4.44. The van der Waals surface area contributed by atoms with Crippen LogP contribution in [0.4, 0.5) is 11.4 Å². The minimum Gasteiger partial charge on any atom is -0.324 e. The van der Waals surface area contributed by atoms with Gasteiger partial charge >= 0.3 is 0 Å². The third-order valence-electron chi connectivity index (χ3n) is 6.00. The van der Waals surface area contributed by atoms with E-state index in [0.29, 0.717) is 38.0 Å². The first-order valence-electron chi connectivity index (χ1n) is 10.4. The Hall–Kier alpha value is -2.78. The van der Waals surface area contributed by atoms with E-state index in [1.807, 2.05) is 6.92 Å². The van der Waals surface area contributed by atoms with E-state index < -0.39 is 10.0 Å². The van der Waals surface area contributed by atoms with E-state index >= 15 is 0 Å². The molecule has 3 heterocycles. The molecule has 2 amide bonds. The summed E-state index contributed by atoms with van der Waals surface area (Å²) in [6, 6.07) is 8.51. The summed E-state index contributed by atoms with van der Waals surface area (Å²) in [5, 5.41) is 2.84. The lowest BCUT2D eigenvalue weighted by molar-refractivity contribution is -0.121. The van der Waals surface area contributed by atoms with Crippen LogP contribution >= 0.6 is 0 Å². The maximum absolute atomic E-state index is 13.2. The largest absolute Gasteiger partial charge is 0.324 e. The molecule has 4 rings (SSSR count). The number of nitrogens with one attached hydrogen (secondary N) is 1. The van der Waals surface area contributed by atoms with Gasteiger partial charge in [0.2, 0.25) is 21.8 Å². The van der Waals surface area contributed by atoms with Gasteiger partial charge in [0, 0.05) is 43.9 Å². The van der Waals surface area contributed by atoms with Gasteiger partial charge in [-0.15, -0.1) is 0 Å². The number of piperidine rings is 1. The van der Waals surface area contributed by atoms with E-state index in [1.165, 1.54) is 11.2 Å². The average molecular weight is 443 g/mol. The molecule has 2 aromatic rings. The smallest absolute Gasteiger partial charge is 0.243 e. The van der Waals surface area contributed by atoms with E-state index in [0.717, 1.165) is 11.3 Å². The van der Waals surface area contributed by atoms with Crippen molar-refractivity contribution in [2.24, 2.45) is 5.92 Å². The molecule has 1 aromatic carbocycles. The number of amides is 2. The fraction of sp³-hybridized carbons (Fsp3) is 0.409. The molecule has 0 spiro atoms. The lowest BCUT2D eigenvalue weighted by Gasteiger charge is -2.30. The van der Waals surface area contributed by atoms with Crippen molar-refractivity contribution in [1.29, 1.82) is 0 Å². The predicted octanol–water partition coefficient (Wildman–Crippen LogP) is 2.42. The zero-order valence-corrected chi connectivity index (χ0v) is 18.4. The van der Waals surface area contributed by atoms with Gasteiger partial charge in [-0.1, -0.05) is 0 Å². The Kier molecular flexibility index (Phi) is 5.81. The number of pyridine rings is 1. The second-order valence-electron chi connectivity index (χ2n) is 8.14. The van der Waals surface area contributed by atoms with Crippen LogP contribution in [0.5, 0.6) is 0 Å². The first-order valence-corrected chi connectivity index (χ1v) is 11.8. The number of carbonyl (C=O) groups is 2. The Morgan fingerprint density at radius 1 is 1.16 bits per heavy atom. The van der Waals surface area contributed by atoms with Gasteiger partial charge in [0.25, 0.3) is 0 Å². The minimum atomic E-state index is -3.66. The zero-order valence-electron chi connectivity index (χ0n) is 17.6. The van der Waals surface area contributed by atoms with Crippen molar-refractivity contribution in [2.45, 2.75) is 44.0 Å². The molecule has 0 aliphatic carbocycles. The van der Waals surface area contributed by atoms with E-state index in [2.05, 4.69) is 10.3 Å². The van der Waals surface area contributed by atoms with Gasteiger partial charge in [0.1, 0.15) is 0 Å². The number of benzene rings is 1. The van der Waals surface area contributed by atoms with Crippen LogP contribution in [0.25, 0.3) is 0 Å². The van der Waals surface area contributed by atoms with Crippen LogP contribution in [-0.4, -0.2) is 48.7 Å². The van der Waals surface area contributed by atoms with Crippen LogP contribution in [0, 0.1) is 5.92 Å². The molecule has 1 saturated heterocycles. The Bertz CT molecular complexity index is 1100. The third kappa shape index (κ3) is 4.20. The summed E-state index contributed by atoms with van der Waals surface area (Å²) in [5.41, 5.74) is 2.29. The highest BCUT2D eigenvalue weighted by atomic mass is 32.2. The number of fused-ring (bicyclic) bond motifs is 1. The molecule has 0 radical (unpaired) electrons.